The number of nitriles is 3. The van der Waals surface area contributed by atoms with Crippen LogP contribution in [0.15, 0.2) is 29.0 Å². The Morgan fingerprint density at radius 1 is 1.20 bits per heavy atom. The summed E-state index contributed by atoms with van der Waals surface area (Å²) in [4.78, 5) is 2.28. The molecule has 1 aromatic rings. The fourth-order valence-corrected chi connectivity index (χ4v) is 5.32. The van der Waals surface area contributed by atoms with Crippen molar-refractivity contribution in [2.45, 2.75) is 45.4 Å². The lowest BCUT2D eigenvalue weighted by Gasteiger charge is -2.41. The maximum absolute atomic E-state index is 10.0. The average Bonchev–Trinajstić information content (AvgIpc) is 2.79. The van der Waals surface area contributed by atoms with Gasteiger partial charge in [-0.1, -0.05) is 12.5 Å². The standard InChI is InChI=1S/C20H20N4S/c1-12-8-16(13(2)25-12)18-15-7-5-3-4-6-14(15)17(9-21)19(24)20(18,10-22)11-23/h6,8,15,18H,3-5,7,24H2,1-2H3. The van der Waals surface area contributed by atoms with Gasteiger partial charge >= 0.3 is 0 Å². The second-order valence-electron chi connectivity index (χ2n) is 6.83. The minimum Gasteiger partial charge on any atom is -0.399 e. The quantitative estimate of drug-likeness (QED) is 0.815. The molecule has 2 aliphatic carbocycles. The molecular formula is C20H20N4S. The Morgan fingerprint density at radius 2 is 1.92 bits per heavy atom. The van der Waals surface area contributed by atoms with Gasteiger partial charge in [0.05, 0.1) is 23.4 Å². The van der Waals surface area contributed by atoms with Gasteiger partial charge in [-0.3, -0.25) is 0 Å². The van der Waals surface area contributed by atoms with Crippen LogP contribution < -0.4 is 5.73 Å². The molecule has 126 valence electrons. The Kier molecular flexibility index (Phi) is 4.42. The van der Waals surface area contributed by atoms with Crippen molar-refractivity contribution in [3.05, 3.63) is 44.3 Å². The van der Waals surface area contributed by atoms with E-state index in [0.29, 0.717) is 5.57 Å². The first-order valence-electron chi connectivity index (χ1n) is 8.50. The zero-order valence-corrected chi connectivity index (χ0v) is 15.3. The van der Waals surface area contributed by atoms with Crippen LogP contribution in [0.5, 0.6) is 0 Å². The van der Waals surface area contributed by atoms with Crippen molar-refractivity contribution in [2.24, 2.45) is 17.1 Å². The number of hydrogen-bond donors (Lipinski definition) is 1. The Labute approximate surface area is 152 Å². The first-order valence-corrected chi connectivity index (χ1v) is 9.32. The fourth-order valence-electron chi connectivity index (χ4n) is 4.35. The Bertz CT molecular complexity index is 884. The molecule has 2 N–H and O–H groups in total. The van der Waals surface area contributed by atoms with Crippen LogP contribution in [0.4, 0.5) is 0 Å². The zero-order valence-electron chi connectivity index (χ0n) is 14.5. The normalized spacial score (nSPS) is 25.0. The highest BCUT2D eigenvalue weighted by Crippen LogP contribution is 2.56. The molecule has 25 heavy (non-hydrogen) atoms. The van der Waals surface area contributed by atoms with E-state index < -0.39 is 5.41 Å². The SMILES string of the molecule is Cc1cc(C2C3CCCCC=C3C(C#N)=C(N)C2(C#N)C#N)c(C)s1. The highest BCUT2D eigenvalue weighted by Gasteiger charge is 2.54. The number of aryl methyl sites for hydroxylation is 2. The van der Waals surface area contributed by atoms with Crippen LogP contribution in [0.25, 0.3) is 0 Å². The molecule has 2 unspecified atom stereocenters. The lowest BCUT2D eigenvalue weighted by molar-refractivity contribution is 0.328. The molecule has 1 heterocycles. The van der Waals surface area contributed by atoms with Gasteiger partial charge in [-0.05, 0) is 56.2 Å². The first kappa shape index (κ1) is 17.3. The van der Waals surface area contributed by atoms with Crippen LogP contribution in [-0.4, -0.2) is 0 Å². The van der Waals surface area contributed by atoms with Gasteiger partial charge in [0.2, 0.25) is 0 Å². The topological polar surface area (TPSA) is 97.4 Å². The summed E-state index contributed by atoms with van der Waals surface area (Å²) in [6.07, 6.45) is 5.95. The predicted octanol–water partition coefficient (Wildman–Crippen LogP) is 4.35. The van der Waals surface area contributed by atoms with E-state index in [9.17, 15) is 15.8 Å². The number of fused-ring (bicyclic) bond motifs is 1. The molecule has 0 saturated carbocycles. The van der Waals surface area contributed by atoms with Crippen molar-refractivity contribution >= 4 is 11.3 Å². The van der Waals surface area contributed by atoms with Crippen LogP contribution in [0.2, 0.25) is 0 Å². The van der Waals surface area contributed by atoms with E-state index >= 15 is 0 Å². The van der Waals surface area contributed by atoms with Gasteiger partial charge in [-0.2, -0.15) is 15.8 Å². The van der Waals surface area contributed by atoms with E-state index in [1.54, 1.807) is 11.3 Å². The summed E-state index contributed by atoms with van der Waals surface area (Å²) in [7, 11) is 0. The smallest absolute Gasteiger partial charge is 0.191 e. The first-order chi connectivity index (χ1) is 12.0. The molecule has 4 nitrogen and oxygen atoms in total. The van der Waals surface area contributed by atoms with Gasteiger partial charge < -0.3 is 5.73 Å². The molecule has 0 radical (unpaired) electrons. The minimum absolute atomic E-state index is 0.0172. The molecule has 2 atom stereocenters. The Morgan fingerprint density at radius 3 is 2.48 bits per heavy atom. The molecular weight excluding hydrogens is 328 g/mol. The van der Waals surface area contributed by atoms with E-state index in [1.807, 2.05) is 13.8 Å². The molecule has 1 aromatic heterocycles. The predicted molar refractivity (Wildman–Crippen MR) is 97.1 cm³/mol. The molecule has 0 fully saturated rings. The maximum atomic E-state index is 10.0. The zero-order chi connectivity index (χ0) is 18.2. The van der Waals surface area contributed by atoms with E-state index in [0.717, 1.165) is 46.6 Å². The van der Waals surface area contributed by atoms with Crippen LogP contribution in [-0.2, 0) is 0 Å². The molecule has 0 saturated heterocycles. The third-order valence-corrected chi connectivity index (χ3v) is 6.45. The number of nitrogens with zero attached hydrogens (tertiary/aromatic N) is 3. The number of allylic oxidation sites excluding steroid dienone is 4. The summed E-state index contributed by atoms with van der Waals surface area (Å²) >= 11 is 1.68. The maximum Gasteiger partial charge on any atom is 0.191 e. The molecule has 3 rings (SSSR count). The fraction of sp³-hybridized carbons (Fsp3) is 0.450. The second kappa shape index (κ2) is 6.40. The molecule has 2 aliphatic rings. The Hall–Kier alpha value is -2.55. The van der Waals surface area contributed by atoms with Gasteiger partial charge in [0.1, 0.15) is 6.07 Å². The Balaban J connectivity index is 2.36. The molecule has 0 aliphatic heterocycles. The number of thiophene rings is 1. The third-order valence-electron chi connectivity index (χ3n) is 5.46. The average molecular weight is 348 g/mol. The van der Waals surface area contributed by atoms with Gasteiger partial charge in [0, 0.05) is 15.7 Å². The summed E-state index contributed by atoms with van der Waals surface area (Å²) in [5.41, 5.74) is 7.25. The highest BCUT2D eigenvalue weighted by atomic mass is 32.1. The van der Waals surface area contributed by atoms with Crippen LogP contribution in [0.3, 0.4) is 0 Å². The monoisotopic (exact) mass is 348 g/mol. The molecule has 0 aromatic carbocycles. The van der Waals surface area contributed by atoms with E-state index in [4.69, 9.17) is 5.73 Å². The van der Waals surface area contributed by atoms with Crippen LogP contribution in [0, 0.1) is 59.2 Å². The lowest BCUT2D eigenvalue weighted by Crippen LogP contribution is -2.42. The minimum atomic E-state index is -1.49. The van der Waals surface area contributed by atoms with E-state index in [1.165, 1.54) is 0 Å². The number of hydrogen-bond acceptors (Lipinski definition) is 5. The summed E-state index contributed by atoms with van der Waals surface area (Å²) in [5.74, 6) is -0.342. The van der Waals surface area contributed by atoms with Gasteiger partial charge in [0.25, 0.3) is 0 Å². The third kappa shape index (κ3) is 2.46. The van der Waals surface area contributed by atoms with Crippen molar-refractivity contribution in [3.63, 3.8) is 0 Å². The van der Waals surface area contributed by atoms with E-state index in [2.05, 4.69) is 30.4 Å². The van der Waals surface area contributed by atoms with Crippen molar-refractivity contribution in [1.29, 1.82) is 15.8 Å². The molecule has 0 bridgehead atoms. The summed E-state index contributed by atoms with van der Waals surface area (Å²) in [5, 5.41) is 29.7. The van der Waals surface area contributed by atoms with Crippen molar-refractivity contribution in [2.75, 3.05) is 0 Å². The van der Waals surface area contributed by atoms with Crippen LogP contribution >= 0.6 is 11.3 Å². The highest BCUT2D eigenvalue weighted by molar-refractivity contribution is 7.12. The number of nitrogens with two attached hydrogens (primary N) is 1. The largest absolute Gasteiger partial charge is 0.399 e. The number of rotatable bonds is 1. The second-order valence-corrected chi connectivity index (χ2v) is 8.29. The summed E-state index contributed by atoms with van der Waals surface area (Å²) in [6.45, 7) is 4.07. The van der Waals surface area contributed by atoms with Gasteiger partial charge in [-0.25, -0.2) is 0 Å². The van der Waals surface area contributed by atoms with E-state index in [-0.39, 0.29) is 17.5 Å². The summed E-state index contributed by atoms with van der Waals surface area (Å²) < 4.78 is 0. The van der Waals surface area contributed by atoms with Crippen LogP contribution in [0.1, 0.15) is 46.9 Å². The van der Waals surface area contributed by atoms with Gasteiger partial charge in [-0.15, -0.1) is 11.3 Å². The summed E-state index contributed by atoms with van der Waals surface area (Å²) in [6, 6.07) is 8.67. The molecule has 5 heteroatoms. The van der Waals surface area contributed by atoms with Crippen molar-refractivity contribution in [3.8, 4) is 18.2 Å². The molecule has 0 amide bonds. The lowest BCUT2D eigenvalue weighted by atomic mass is 9.58. The van der Waals surface area contributed by atoms with Gasteiger partial charge in [0.15, 0.2) is 5.41 Å². The van der Waals surface area contributed by atoms with Crippen molar-refractivity contribution < 1.29 is 0 Å². The van der Waals surface area contributed by atoms with Crippen molar-refractivity contribution in [1.82, 2.24) is 0 Å². The molecule has 0 spiro atoms.